The molecule has 3 aliphatic rings. The van der Waals surface area contributed by atoms with Crippen LogP contribution in [-0.2, 0) is 4.79 Å². The van der Waals surface area contributed by atoms with E-state index in [0.717, 1.165) is 32.5 Å². The summed E-state index contributed by atoms with van der Waals surface area (Å²) in [7, 11) is 0. The molecule has 3 rings (SSSR count). The summed E-state index contributed by atoms with van der Waals surface area (Å²) in [4.78, 5) is 15.3. The van der Waals surface area contributed by atoms with Crippen LogP contribution in [0.15, 0.2) is 0 Å². The van der Waals surface area contributed by atoms with Crippen LogP contribution in [0, 0.1) is 5.92 Å². The van der Waals surface area contributed by atoms with Gasteiger partial charge in [0.25, 0.3) is 0 Å². The van der Waals surface area contributed by atoms with Crippen LogP contribution < -0.4 is 10.6 Å². The van der Waals surface area contributed by atoms with Crippen molar-refractivity contribution in [1.29, 1.82) is 0 Å². The number of carbonyl (C=O) groups excluding carboxylic acids is 1. The molecule has 0 aromatic heterocycles. The predicted octanol–water partition coefficient (Wildman–Crippen LogP) is 1.90. The number of nitrogens with one attached hydrogen (secondary N) is 2. The maximum Gasteiger partial charge on any atom is 0.223 e. The minimum absolute atomic E-state index is 0.0740. The molecule has 2 saturated heterocycles. The van der Waals surface area contributed by atoms with Crippen LogP contribution in [-0.4, -0.2) is 49.1 Å². The van der Waals surface area contributed by atoms with Crippen molar-refractivity contribution in [2.24, 2.45) is 5.92 Å². The van der Waals surface area contributed by atoms with Gasteiger partial charge in [0.1, 0.15) is 0 Å². The van der Waals surface area contributed by atoms with Crippen LogP contribution in [0.25, 0.3) is 0 Å². The summed E-state index contributed by atoms with van der Waals surface area (Å²) >= 11 is 0. The maximum absolute atomic E-state index is 12.7. The van der Waals surface area contributed by atoms with Crippen LogP contribution in [0.4, 0.5) is 0 Å². The van der Waals surface area contributed by atoms with E-state index < -0.39 is 0 Å². The van der Waals surface area contributed by atoms with Gasteiger partial charge in [0, 0.05) is 12.5 Å². The average molecular weight is 293 g/mol. The van der Waals surface area contributed by atoms with Crippen LogP contribution in [0.1, 0.15) is 57.8 Å². The van der Waals surface area contributed by atoms with E-state index in [1.54, 1.807) is 0 Å². The monoisotopic (exact) mass is 293 g/mol. The second-order valence-corrected chi connectivity index (χ2v) is 7.34. The highest BCUT2D eigenvalue weighted by Gasteiger charge is 2.37. The summed E-state index contributed by atoms with van der Waals surface area (Å²) in [5.41, 5.74) is 0.0740. The van der Waals surface area contributed by atoms with Crippen molar-refractivity contribution in [2.75, 3.05) is 32.7 Å². The second-order valence-electron chi connectivity index (χ2n) is 7.34. The molecular formula is C17H31N3O. The first kappa shape index (κ1) is 15.3. The van der Waals surface area contributed by atoms with Crippen molar-refractivity contribution < 1.29 is 4.79 Å². The van der Waals surface area contributed by atoms with Gasteiger partial charge in [-0.3, -0.25) is 4.79 Å². The largest absolute Gasteiger partial charge is 0.349 e. The Morgan fingerprint density at radius 3 is 2.38 bits per heavy atom. The lowest BCUT2D eigenvalue weighted by Crippen LogP contribution is -2.58. The molecular weight excluding hydrogens is 262 g/mol. The summed E-state index contributed by atoms with van der Waals surface area (Å²) in [5.74, 6) is 0.571. The van der Waals surface area contributed by atoms with Gasteiger partial charge in [-0.25, -0.2) is 0 Å². The Morgan fingerprint density at radius 1 is 1.05 bits per heavy atom. The van der Waals surface area contributed by atoms with Crippen LogP contribution in [0.2, 0.25) is 0 Å². The number of rotatable bonds is 4. The standard InChI is InChI=1S/C17H31N3O/c21-16(15-6-10-18-11-7-15)19-17(8-2-1-3-9-17)14-20-12-4-5-13-20/h15,18H,1-14H2,(H,19,21). The maximum atomic E-state index is 12.7. The van der Waals surface area contributed by atoms with Gasteiger partial charge in [-0.05, 0) is 64.7 Å². The van der Waals surface area contributed by atoms with Crippen molar-refractivity contribution in [3.8, 4) is 0 Å². The van der Waals surface area contributed by atoms with E-state index in [9.17, 15) is 4.79 Å². The zero-order chi connectivity index (χ0) is 14.5. The van der Waals surface area contributed by atoms with Gasteiger partial charge in [0.05, 0.1) is 5.54 Å². The summed E-state index contributed by atoms with van der Waals surface area (Å²) in [6.07, 6.45) is 10.9. The Bertz CT molecular complexity index is 340. The fraction of sp³-hybridized carbons (Fsp3) is 0.941. The number of amides is 1. The minimum Gasteiger partial charge on any atom is -0.349 e. The van der Waals surface area contributed by atoms with Crippen molar-refractivity contribution >= 4 is 5.91 Å². The van der Waals surface area contributed by atoms with E-state index in [2.05, 4.69) is 15.5 Å². The predicted molar refractivity (Wildman–Crippen MR) is 85.2 cm³/mol. The lowest BCUT2D eigenvalue weighted by molar-refractivity contribution is -0.128. The van der Waals surface area contributed by atoms with Crippen molar-refractivity contribution in [3.63, 3.8) is 0 Å². The van der Waals surface area contributed by atoms with E-state index in [0.29, 0.717) is 5.91 Å². The molecule has 0 spiro atoms. The zero-order valence-electron chi connectivity index (χ0n) is 13.3. The van der Waals surface area contributed by atoms with E-state index in [1.165, 1.54) is 58.0 Å². The lowest BCUT2D eigenvalue weighted by Gasteiger charge is -2.42. The number of hydrogen-bond acceptors (Lipinski definition) is 3. The molecule has 2 N–H and O–H groups in total. The lowest BCUT2D eigenvalue weighted by atomic mass is 9.80. The number of likely N-dealkylation sites (tertiary alicyclic amines) is 1. The summed E-state index contributed by atoms with van der Waals surface area (Å²) < 4.78 is 0. The summed E-state index contributed by atoms with van der Waals surface area (Å²) in [6.45, 7) is 5.54. The van der Waals surface area contributed by atoms with Crippen molar-refractivity contribution in [1.82, 2.24) is 15.5 Å². The molecule has 3 fully saturated rings. The smallest absolute Gasteiger partial charge is 0.223 e. The number of carbonyl (C=O) groups is 1. The van der Waals surface area contributed by atoms with Gasteiger partial charge >= 0.3 is 0 Å². The molecule has 1 aliphatic carbocycles. The fourth-order valence-electron chi connectivity index (χ4n) is 4.37. The molecule has 0 radical (unpaired) electrons. The third-order valence-electron chi connectivity index (χ3n) is 5.63. The quantitative estimate of drug-likeness (QED) is 0.832. The molecule has 4 heteroatoms. The Labute approximate surface area is 129 Å². The Morgan fingerprint density at radius 2 is 1.71 bits per heavy atom. The van der Waals surface area contributed by atoms with Gasteiger partial charge in [-0.2, -0.15) is 0 Å². The molecule has 1 amide bonds. The Kier molecular flexibility index (Phi) is 5.17. The fourth-order valence-corrected chi connectivity index (χ4v) is 4.37. The highest BCUT2D eigenvalue weighted by molar-refractivity contribution is 5.79. The minimum atomic E-state index is 0.0740. The van der Waals surface area contributed by atoms with E-state index >= 15 is 0 Å². The summed E-state index contributed by atoms with van der Waals surface area (Å²) in [6, 6.07) is 0. The molecule has 21 heavy (non-hydrogen) atoms. The van der Waals surface area contributed by atoms with E-state index in [-0.39, 0.29) is 11.5 Å². The molecule has 0 atom stereocenters. The van der Waals surface area contributed by atoms with Crippen molar-refractivity contribution in [3.05, 3.63) is 0 Å². The molecule has 2 heterocycles. The second kappa shape index (κ2) is 7.10. The zero-order valence-corrected chi connectivity index (χ0v) is 13.3. The normalized spacial score (nSPS) is 27.6. The summed E-state index contributed by atoms with van der Waals surface area (Å²) in [5, 5.41) is 6.87. The van der Waals surface area contributed by atoms with Gasteiger partial charge in [-0.15, -0.1) is 0 Å². The topological polar surface area (TPSA) is 44.4 Å². The molecule has 1 saturated carbocycles. The number of nitrogens with zero attached hydrogens (tertiary/aromatic N) is 1. The average Bonchev–Trinajstić information content (AvgIpc) is 3.01. The van der Waals surface area contributed by atoms with Gasteiger partial charge in [0.2, 0.25) is 5.91 Å². The number of piperidine rings is 1. The third-order valence-corrected chi connectivity index (χ3v) is 5.63. The third kappa shape index (κ3) is 3.98. The van der Waals surface area contributed by atoms with Crippen LogP contribution in [0.5, 0.6) is 0 Å². The molecule has 0 aromatic carbocycles. The Balaban J connectivity index is 1.61. The van der Waals surface area contributed by atoms with Gasteiger partial charge in [-0.1, -0.05) is 19.3 Å². The number of hydrogen-bond donors (Lipinski definition) is 2. The molecule has 2 aliphatic heterocycles. The highest BCUT2D eigenvalue weighted by Crippen LogP contribution is 2.31. The first-order valence-corrected chi connectivity index (χ1v) is 9.03. The molecule has 0 unspecified atom stereocenters. The highest BCUT2D eigenvalue weighted by atomic mass is 16.2. The van der Waals surface area contributed by atoms with Gasteiger partial charge in [0.15, 0.2) is 0 Å². The Hall–Kier alpha value is -0.610. The van der Waals surface area contributed by atoms with E-state index in [1.807, 2.05) is 0 Å². The van der Waals surface area contributed by atoms with Gasteiger partial charge < -0.3 is 15.5 Å². The first-order valence-electron chi connectivity index (χ1n) is 9.03. The molecule has 4 nitrogen and oxygen atoms in total. The van der Waals surface area contributed by atoms with Crippen LogP contribution >= 0.6 is 0 Å². The molecule has 0 aromatic rings. The SMILES string of the molecule is O=C(NC1(CN2CCCC2)CCCCC1)C1CCNCC1. The first-order chi connectivity index (χ1) is 10.3. The molecule has 120 valence electrons. The molecule has 0 bridgehead atoms. The van der Waals surface area contributed by atoms with E-state index in [4.69, 9.17) is 0 Å². The van der Waals surface area contributed by atoms with Crippen molar-refractivity contribution in [2.45, 2.75) is 63.3 Å². The van der Waals surface area contributed by atoms with Crippen LogP contribution in [0.3, 0.4) is 0 Å².